The highest BCUT2D eigenvalue weighted by Gasteiger charge is 2.29. The van der Waals surface area contributed by atoms with Crippen molar-refractivity contribution in [3.63, 3.8) is 0 Å². The van der Waals surface area contributed by atoms with Gasteiger partial charge in [-0.05, 0) is 43.9 Å². The summed E-state index contributed by atoms with van der Waals surface area (Å²) >= 11 is 0. The molecule has 4 rings (SSSR count). The lowest BCUT2D eigenvalue weighted by molar-refractivity contribution is -0.125. The molecule has 7 heteroatoms. The Morgan fingerprint density at radius 3 is 2.84 bits per heavy atom. The van der Waals surface area contributed by atoms with Crippen molar-refractivity contribution >= 4 is 23.4 Å². The van der Waals surface area contributed by atoms with Gasteiger partial charge in [-0.1, -0.05) is 32.3 Å². The van der Waals surface area contributed by atoms with Crippen molar-refractivity contribution in [2.24, 2.45) is 5.92 Å². The quantitative estimate of drug-likeness (QED) is 0.708. The number of rotatable bonds is 7. The summed E-state index contributed by atoms with van der Waals surface area (Å²) in [5, 5.41) is 15.6. The molecule has 31 heavy (non-hydrogen) atoms. The third-order valence-electron chi connectivity index (χ3n) is 6.10. The lowest BCUT2D eigenvalue weighted by Gasteiger charge is -2.20. The summed E-state index contributed by atoms with van der Waals surface area (Å²) in [6.45, 7) is 3.77. The monoisotopic (exact) mass is 418 g/mol. The molecular weight excluding hydrogens is 388 g/mol. The Labute approximate surface area is 183 Å². The number of nitrogens with zero attached hydrogens (tertiary/aromatic N) is 4. The molecule has 2 aliphatic rings. The third kappa shape index (κ3) is 5.32. The molecule has 1 atom stereocenters. The maximum Gasteiger partial charge on any atom is 0.229 e. The summed E-state index contributed by atoms with van der Waals surface area (Å²) in [6, 6.07) is 11.7. The van der Waals surface area contributed by atoms with Crippen LogP contribution in [0.2, 0.25) is 0 Å². The van der Waals surface area contributed by atoms with Crippen LogP contribution in [0.25, 0.3) is 0 Å². The average molecular weight is 419 g/mol. The van der Waals surface area contributed by atoms with E-state index >= 15 is 0 Å². The fraction of sp³-hybridized carbons (Fsp3) is 0.500. The van der Waals surface area contributed by atoms with Crippen LogP contribution in [0, 0.1) is 17.2 Å². The molecule has 0 radical (unpaired) electrons. The van der Waals surface area contributed by atoms with Gasteiger partial charge in [0.1, 0.15) is 5.82 Å². The molecule has 2 N–H and O–H groups in total. The van der Waals surface area contributed by atoms with E-state index in [0.29, 0.717) is 11.5 Å². The zero-order valence-electron chi connectivity index (χ0n) is 18.1. The minimum atomic E-state index is 0.168. The van der Waals surface area contributed by atoms with Gasteiger partial charge in [0.25, 0.3) is 0 Å². The molecule has 7 nitrogen and oxygen atoms in total. The second kappa shape index (κ2) is 9.78. The van der Waals surface area contributed by atoms with Gasteiger partial charge in [0.2, 0.25) is 11.9 Å². The Bertz CT molecular complexity index is 963. The summed E-state index contributed by atoms with van der Waals surface area (Å²) in [4.78, 5) is 24.1. The molecule has 162 valence electrons. The van der Waals surface area contributed by atoms with E-state index in [1.165, 1.54) is 12.8 Å². The van der Waals surface area contributed by atoms with Crippen molar-refractivity contribution in [1.29, 1.82) is 5.26 Å². The number of amides is 1. The Balaban J connectivity index is 1.47. The first-order chi connectivity index (χ1) is 15.1. The Morgan fingerprint density at radius 1 is 1.23 bits per heavy atom. The Kier molecular flexibility index (Phi) is 6.66. The molecule has 0 spiro atoms. The van der Waals surface area contributed by atoms with Crippen LogP contribution in [0.1, 0.15) is 56.7 Å². The van der Waals surface area contributed by atoms with E-state index in [9.17, 15) is 4.79 Å². The molecule has 1 unspecified atom stereocenters. The van der Waals surface area contributed by atoms with Crippen molar-refractivity contribution in [2.45, 2.75) is 57.9 Å². The summed E-state index contributed by atoms with van der Waals surface area (Å²) in [5.41, 5.74) is 2.38. The van der Waals surface area contributed by atoms with Gasteiger partial charge in [-0.25, -0.2) is 4.98 Å². The normalized spacial score (nSPS) is 18.7. The number of aromatic nitrogens is 2. The number of carbonyl (C=O) groups is 1. The highest BCUT2D eigenvalue weighted by molar-refractivity contribution is 5.79. The number of nitrogens with one attached hydrogen (secondary N) is 2. The van der Waals surface area contributed by atoms with Gasteiger partial charge in [-0.15, -0.1) is 0 Å². The van der Waals surface area contributed by atoms with Crippen LogP contribution in [0.5, 0.6) is 0 Å². The van der Waals surface area contributed by atoms with Crippen molar-refractivity contribution in [1.82, 2.24) is 15.3 Å². The van der Waals surface area contributed by atoms with E-state index in [1.54, 1.807) is 12.1 Å². The standard InChI is InChI=1S/C24H30N6O/c1-2-6-19-14-22(29-24(27-19)28-20-10-5-7-17(13-20)15-25)30-12-11-21(16-30)26-23(31)18-8-3-4-9-18/h5,7,10,13-14,18,21H,2-4,6,8-9,11-12,16H2,1H3,(H,26,31)(H,27,28,29). The van der Waals surface area contributed by atoms with E-state index in [-0.39, 0.29) is 17.9 Å². The van der Waals surface area contributed by atoms with E-state index in [0.717, 1.165) is 62.4 Å². The fourth-order valence-corrected chi connectivity index (χ4v) is 4.47. The van der Waals surface area contributed by atoms with E-state index < -0.39 is 0 Å². The molecule has 1 aromatic heterocycles. The topological polar surface area (TPSA) is 93.9 Å². The van der Waals surface area contributed by atoms with Gasteiger partial charge in [0.15, 0.2) is 0 Å². The molecule has 1 aliphatic heterocycles. The number of aryl methyl sites for hydroxylation is 1. The zero-order valence-corrected chi connectivity index (χ0v) is 18.1. The molecule has 2 fully saturated rings. The summed E-state index contributed by atoms with van der Waals surface area (Å²) < 4.78 is 0. The highest BCUT2D eigenvalue weighted by Crippen LogP contribution is 2.26. The first-order valence-corrected chi connectivity index (χ1v) is 11.3. The number of hydrogen-bond acceptors (Lipinski definition) is 6. The fourth-order valence-electron chi connectivity index (χ4n) is 4.47. The predicted molar refractivity (Wildman–Crippen MR) is 121 cm³/mol. The van der Waals surface area contributed by atoms with Crippen LogP contribution in [-0.2, 0) is 11.2 Å². The van der Waals surface area contributed by atoms with Crippen molar-refractivity contribution in [3.05, 3.63) is 41.6 Å². The smallest absolute Gasteiger partial charge is 0.229 e. The predicted octanol–water partition coefficient (Wildman–Crippen LogP) is 3.93. The van der Waals surface area contributed by atoms with Crippen molar-refractivity contribution < 1.29 is 4.79 Å². The SMILES string of the molecule is CCCc1cc(N2CCC(NC(=O)C3CCCC3)C2)nc(Nc2cccc(C#N)c2)n1. The maximum absolute atomic E-state index is 12.5. The summed E-state index contributed by atoms with van der Waals surface area (Å²) in [5.74, 6) is 1.84. The minimum absolute atomic E-state index is 0.168. The number of nitriles is 1. The van der Waals surface area contributed by atoms with Gasteiger partial charge >= 0.3 is 0 Å². The van der Waals surface area contributed by atoms with Gasteiger partial charge in [-0.3, -0.25) is 4.79 Å². The average Bonchev–Trinajstić information content (AvgIpc) is 3.46. The van der Waals surface area contributed by atoms with Crippen LogP contribution in [-0.4, -0.2) is 35.0 Å². The largest absolute Gasteiger partial charge is 0.354 e. The third-order valence-corrected chi connectivity index (χ3v) is 6.10. The second-order valence-corrected chi connectivity index (χ2v) is 8.53. The van der Waals surface area contributed by atoms with Gasteiger partial charge in [-0.2, -0.15) is 10.2 Å². The van der Waals surface area contributed by atoms with Gasteiger partial charge in [0.05, 0.1) is 11.6 Å². The van der Waals surface area contributed by atoms with Crippen LogP contribution in [0.4, 0.5) is 17.5 Å². The van der Waals surface area contributed by atoms with Crippen molar-refractivity contribution in [2.75, 3.05) is 23.3 Å². The molecule has 1 saturated carbocycles. The number of hydrogen-bond donors (Lipinski definition) is 2. The second-order valence-electron chi connectivity index (χ2n) is 8.53. The Morgan fingerprint density at radius 2 is 2.06 bits per heavy atom. The van der Waals surface area contributed by atoms with Crippen LogP contribution in [0.3, 0.4) is 0 Å². The van der Waals surface area contributed by atoms with Crippen LogP contribution in [0.15, 0.2) is 30.3 Å². The molecule has 1 amide bonds. The zero-order chi connectivity index (χ0) is 21.6. The lowest BCUT2D eigenvalue weighted by atomic mass is 10.1. The molecule has 1 aromatic carbocycles. The minimum Gasteiger partial charge on any atom is -0.354 e. The van der Waals surface area contributed by atoms with Gasteiger partial charge < -0.3 is 15.5 Å². The number of carbonyl (C=O) groups excluding carboxylic acids is 1. The van der Waals surface area contributed by atoms with Crippen LogP contribution < -0.4 is 15.5 Å². The Hall–Kier alpha value is -3.14. The van der Waals surface area contributed by atoms with Crippen molar-refractivity contribution in [3.8, 4) is 6.07 Å². The van der Waals surface area contributed by atoms with Gasteiger partial charge in [0, 0.05) is 42.5 Å². The number of anilines is 3. The molecule has 1 aliphatic carbocycles. The molecule has 1 saturated heterocycles. The molecular formula is C24H30N6O. The molecule has 2 aromatic rings. The first-order valence-electron chi connectivity index (χ1n) is 11.3. The van der Waals surface area contributed by atoms with E-state index in [1.807, 2.05) is 12.1 Å². The first kappa shape index (κ1) is 21.1. The van der Waals surface area contributed by atoms with E-state index in [4.69, 9.17) is 10.2 Å². The molecule has 0 bridgehead atoms. The molecule has 2 heterocycles. The number of benzene rings is 1. The summed E-state index contributed by atoms with van der Waals surface area (Å²) in [6.07, 6.45) is 7.19. The van der Waals surface area contributed by atoms with Crippen LogP contribution >= 0.6 is 0 Å². The lowest BCUT2D eigenvalue weighted by Crippen LogP contribution is -2.40. The maximum atomic E-state index is 12.5. The highest BCUT2D eigenvalue weighted by atomic mass is 16.2. The summed E-state index contributed by atoms with van der Waals surface area (Å²) in [7, 11) is 0. The van der Waals surface area contributed by atoms with E-state index in [2.05, 4.69) is 39.6 Å².